The number of carbonyl (C=O) groups excluding carboxylic acids is 1. The smallest absolute Gasteiger partial charge is 0.430 e. The van der Waals surface area contributed by atoms with Crippen LogP contribution >= 0.6 is 0 Å². The summed E-state index contributed by atoms with van der Waals surface area (Å²) in [5.41, 5.74) is 0.00926. The largest absolute Gasteiger partial charge is 0.458 e. The van der Waals surface area contributed by atoms with Gasteiger partial charge in [-0.15, -0.1) is 0 Å². The number of nitrogens with one attached hydrogen (secondary N) is 1. The Morgan fingerprint density at radius 3 is 2.92 bits per heavy atom. The Kier molecular flexibility index (Phi) is 3.04. The summed E-state index contributed by atoms with van der Waals surface area (Å²) in [4.78, 5) is 19.6. The number of hydrogen-bond donors (Lipinski definition) is 2. The zero-order chi connectivity index (χ0) is 9.68. The van der Waals surface area contributed by atoms with Crippen molar-refractivity contribution in [1.82, 2.24) is 0 Å². The molecule has 0 aliphatic carbocycles. The summed E-state index contributed by atoms with van der Waals surface area (Å²) in [5, 5.41) is 2.30. The summed E-state index contributed by atoms with van der Waals surface area (Å²) in [7, 11) is 1.35. The molecular weight excluding hydrogens is 176 g/mol. The number of furan rings is 1. The van der Waals surface area contributed by atoms with E-state index in [0.29, 0.717) is 0 Å². The predicted molar refractivity (Wildman–Crippen MR) is 41.1 cm³/mol. The lowest BCUT2D eigenvalue weighted by Gasteiger charge is -1.92. The van der Waals surface area contributed by atoms with Crippen LogP contribution < -0.4 is 11.1 Å². The van der Waals surface area contributed by atoms with Gasteiger partial charge in [0.1, 0.15) is 7.11 Å². The van der Waals surface area contributed by atoms with Gasteiger partial charge < -0.3 is 9.25 Å². The van der Waals surface area contributed by atoms with Gasteiger partial charge in [0.2, 0.25) is 5.76 Å². The predicted octanol–water partition coefficient (Wildman–Crippen LogP) is -1.87. The molecule has 0 bridgehead atoms. The first-order valence-corrected chi connectivity index (χ1v) is 3.40. The Bertz CT molecular complexity index is 304. The van der Waals surface area contributed by atoms with Gasteiger partial charge in [0, 0.05) is 0 Å². The van der Waals surface area contributed by atoms with Crippen LogP contribution in [0.15, 0.2) is 22.8 Å². The van der Waals surface area contributed by atoms with Crippen LogP contribution in [-0.4, -0.2) is 18.8 Å². The first-order chi connectivity index (χ1) is 6.29. The molecule has 0 amide bonds. The average Bonchev–Trinajstić information content (AvgIpc) is 2.65. The van der Waals surface area contributed by atoms with Crippen molar-refractivity contribution < 1.29 is 24.0 Å². The fourth-order valence-corrected chi connectivity index (χ4v) is 0.774. The van der Waals surface area contributed by atoms with E-state index < -0.39 is 5.97 Å². The molecular formula is C7H9N2O4+. The molecule has 0 unspecified atom stereocenters. The fraction of sp³-hybridized carbons (Fsp3) is 0.143. The molecule has 0 fully saturated rings. The molecule has 70 valence electrons. The highest BCUT2D eigenvalue weighted by Gasteiger charge is 2.25. The maximum Gasteiger partial charge on any atom is 0.430 e. The van der Waals surface area contributed by atoms with E-state index in [1.165, 1.54) is 13.4 Å². The zero-order valence-corrected chi connectivity index (χ0v) is 6.94. The summed E-state index contributed by atoms with van der Waals surface area (Å²) >= 11 is 0. The van der Waals surface area contributed by atoms with E-state index in [9.17, 15) is 4.79 Å². The van der Waals surface area contributed by atoms with E-state index in [0.717, 1.165) is 0 Å². The standard InChI is InChI=1S/C7H8N2O4/c1-11-9-6(7(10)13-8)5-3-2-4-12-5/h2-4H,8H2,1H3/p+1/b9-6-. The molecule has 0 spiro atoms. The first kappa shape index (κ1) is 9.27. The van der Waals surface area contributed by atoms with Crippen molar-refractivity contribution in [3.63, 3.8) is 0 Å². The van der Waals surface area contributed by atoms with Crippen LogP contribution in [0.3, 0.4) is 0 Å². The molecule has 0 radical (unpaired) electrons. The van der Waals surface area contributed by atoms with Gasteiger partial charge in [-0.25, -0.2) is 4.79 Å². The molecule has 0 saturated carbocycles. The number of hydrogen-bond acceptors (Lipinski definition) is 5. The van der Waals surface area contributed by atoms with Crippen LogP contribution in [-0.2, 0) is 14.5 Å². The monoisotopic (exact) mass is 185 g/mol. The highest BCUT2D eigenvalue weighted by atomic mass is 16.7. The van der Waals surface area contributed by atoms with E-state index in [1.54, 1.807) is 12.1 Å². The zero-order valence-electron chi connectivity index (χ0n) is 6.94. The topological polar surface area (TPSA) is 88.7 Å². The Morgan fingerprint density at radius 1 is 1.69 bits per heavy atom. The molecule has 1 heterocycles. The molecule has 6 heteroatoms. The van der Waals surface area contributed by atoms with E-state index >= 15 is 0 Å². The van der Waals surface area contributed by atoms with Crippen LogP contribution in [0.5, 0.6) is 0 Å². The summed E-state index contributed by atoms with van der Waals surface area (Å²) in [6.07, 6.45) is 1.41. The Hall–Kier alpha value is -1.82. The van der Waals surface area contributed by atoms with Crippen molar-refractivity contribution in [2.75, 3.05) is 7.11 Å². The lowest BCUT2D eigenvalue weighted by Crippen LogP contribution is -2.73. The quantitative estimate of drug-likeness (QED) is 0.425. The summed E-state index contributed by atoms with van der Waals surface area (Å²) < 4.78 is 4.94. The third kappa shape index (κ3) is 2.06. The van der Waals surface area contributed by atoms with E-state index in [2.05, 4.69) is 14.8 Å². The van der Waals surface area contributed by atoms with Crippen molar-refractivity contribution in [1.29, 1.82) is 0 Å². The number of nitrogens with two attached hydrogens (primary N) is 1. The van der Waals surface area contributed by atoms with Gasteiger partial charge in [-0.05, 0) is 17.3 Å². The summed E-state index contributed by atoms with van der Waals surface area (Å²) in [6.45, 7) is 0. The summed E-state index contributed by atoms with van der Waals surface area (Å²) in [6, 6.07) is 3.19. The van der Waals surface area contributed by atoms with Crippen molar-refractivity contribution >= 4 is 11.7 Å². The van der Waals surface area contributed by atoms with Crippen LogP contribution in [0.2, 0.25) is 0 Å². The SMILES string of the molecule is CO/[NH+]=C(\C(=O)ON)c1ccco1. The Morgan fingerprint density at radius 2 is 2.46 bits per heavy atom. The van der Waals surface area contributed by atoms with Crippen LogP contribution in [0.4, 0.5) is 0 Å². The van der Waals surface area contributed by atoms with Gasteiger partial charge in [0.25, 0.3) is 0 Å². The lowest BCUT2D eigenvalue weighted by molar-refractivity contribution is -0.743. The van der Waals surface area contributed by atoms with Crippen molar-refractivity contribution in [2.45, 2.75) is 0 Å². The van der Waals surface area contributed by atoms with E-state index in [4.69, 9.17) is 10.3 Å². The maximum absolute atomic E-state index is 11.0. The molecule has 0 aliphatic rings. The highest BCUT2D eigenvalue weighted by Crippen LogP contribution is 1.99. The molecule has 1 aromatic rings. The van der Waals surface area contributed by atoms with Gasteiger partial charge >= 0.3 is 11.7 Å². The van der Waals surface area contributed by atoms with Crippen molar-refractivity contribution in [3.05, 3.63) is 24.2 Å². The lowest BCUT2D eigenvalue weighted by atomic mass is 10.3. The molecule has 13 heavy (non-hydrogen) atoms. The first-order valence-electron chi connectivity index (χ1n) is 3.40. The van der Waals surface area contributed by atoms with Gasteiger partial charge in [-0.3, -0.25) is 4.84 Å². The van der Waals surface area contributed by atoms with Crippen LogP contribution in [0, 0.1) is 0 Å². The molecule has 0 aromatic carbocycles. The molecule has 1 rings (SSSR count). The Labute approximate surface area is 73.9 Å². The van der Waals surface area contributed by atoms with E-state index in [-0.39, 0.29) is 11.5 Å². The average molecular weight is 185 g/mol. The minimum atomic E-state index is -0.767. The van der Waals surface area contributed by atoms with Crippen molar-refractivity contribution in [3.8, 4) is 0 Å². The fourth-order valence-electron chi connectivity index (χ4n) is 0.774. The van der Waals surface area contributed by atoms with Gasteiger partial charge in [0.05, 0.1) is 6.26 Å². The van der Waals surface area contributed by atoms with Crippen LogP contribution in [0.25, 0.3) is 0 Å². The number of rotatable bonds is 3. The second-order valence-electron chi connectivity index (χ2n) is 2.06. The minimum Gasteiger partial charge on any atom is -0.458 e. The van der Waals surface area contributed by atoms with E-state index in [1.807, 2.05) is 0 Å². The molecule has 1 aromatic heterocycles. The maximum atomic E-state index is 11.0. The third-order valence-corrected chi connectivity index (χ3v) is 1.28. The molecule has 3 N–H and O–H groups in total. The number of carbonyl (C=O) groups is 1. The summed E-state index contributed by atoms with van der Waals surface area (Å²) in [5.74, 6) is 4.22. The Balaban J connectivity index is 2.94. The molecule has 6 nitrogen and oxygen atoms in total. The van der Waals surface area contributed by atoms with Gasteiger partial charge in [-0.1, -0.05) is 0 Å². The van der Waals surface area contributed by atoms with Gasteiger partial charge in [0.15, 0.2) is 0 Å². The van der Waals surface area contributed by atoms with Crippen molar-refractivity contribution in [2.24, 2.45) is 5.90 Å². The highest BCUT2D eigenvalue weighted by molar-refractivity contribution is 6.39. The molecule has 0 aliphatic heterocycles. The van der Waals surface area contributed by atoms with Gasteiger partial charge in [-0.2, -0.15) is 5.90 Å². The third-order valence-electron chi connectivity index (χ3n) is 1.28. The second kappa shape index (κ2) is 4.27. The molecule has 0 atom stereocenters. The molecule has 0 saturated heterocycles. The minimum absolute atomic E-state index is 0.00926. The van der Waals surface area contributed by atoms with Crippen LogP contribution in [0.1, 0.15) is 5.76 Å². The second-order valence-corrected chi connectivity index (χ2v) is 2.06. The normalized spacial score (nSPS) is 11.1.